The lowest BCUT2D eigenvalue weighted by Gasteiger charge is -2.32. The molecular weight excluding hydrogens is 306 g/mol. The number of carbonyl (C=O) groups is 2. The number of rotatable bonds is 5. The van der Waals surface area contributed by atoms with E-state index in [-0.39, 0.29) is 6.61 Å². The van der Waals surface area contributed by atoms with Crippen LogP contribution in [0, 0.1) is 0 Å². The van der Waals surface area contributed by atoms with Crippen molar-refractivity contribution in [2.45, 2.75) is 11.6 Å². The Morgan fingerprint density at radius 3 is 2.33 bits per heavy atom. The number of benzene rings is 2. The first-order valence-corrected chi connectivity index (χ1v) is 7.54. The molecule has 3 rings (SSSR count). The molecule has 1 aliphatic rings. The van der Waals surface area contributed by atoms with E-state index >= 15 is 0 Å². The molecule has 0 aliphatic carbocycles. The molecule has 1 fully saturated rings. The Bertz CT molecular complexity index is 744. The summed E-state index contributed by atoms with van der Waals surface area (Å²) < 4.78 is 10.8. The molecule has 1 saturated heterocycles. The largest absolute Gasteiger partial charge is 0.451 e. The van der Waals surface area contributed by atoms with Gasteiger partial charge in [0.2, 0.25) is 0 Å². The van der Waals surface area contributed by atoms with Crippen LogP contribution in [0.5, 0.6) is 0 Å². The SMILES string of the molecule is C=C[C@]1([C@@H](OC(=O)c2ccccc2)c2ccccc2)COC(=O)N1. The second-order valence-corrected chi connectivity index (χ2v) is 5.51. The van der Waals surface area contributed by atoms with Crippen molar-refractivity contribution in [2.24, 2.45) is 0 Å². The van der Waals surface area contributed by atoms with Gasteiger partial charge in [-0.15, -0.1) is 6.58 Å². The van der Waals surface area contributed by atoms with E-state index in [1.807, 2.05) is 36.4 Å². The van der Waals surface area contributed by atoms with Gasteiger partial charge in [0.1, 0.15) is 12.1 Å². The minimum Gasteiger partial charge on any atom is -0.451 e. The quantitative estimate of drug-likeness (QED) is 0.677. The van der Waals surface area contributed by atoms with Gasteiger partial charge in [0.25, 0.3) is 0 Å². The first kappa shape index (κ1) is 15.8. The van der Waals surface area contributed by atoms with E-state index < -0.39 is 23.7 Å². The minimum atomic E-state index is -1.01. The van der Waals surface area contributed by atoms with Gasteiger partial charge in [0.15, 0.2) is 6.10 Å². The number of amides is 1. The van der Waals surface area contributed by atoms with Gasteiger partial charge in [0.05, 0.1) is 5.56 Å². The number of hydrogen-bond acceptors (Lipinski definition) is 4. The summed E-state index contributed by atoms with van der Waals surface area (Å²) >= 11 is 0. The Balaban J connectivity index is 1.95. The molecule has 5 nitrogen and oxygen atoms in total. The number of alkyl carbamates (subject to hydrolysis) is 1. The van der Waals surface area contributed by atoms with Crippen LogP contribution in [0.15, 0.2) is 73.3 Å². The number of esters is 1. The van der Waals surface area contributed by atoms with Crippen molar-refractivity contribution in [3.05, 3.63) is 84.4 Å². The average molecular weight is 323 g/mol. The minimum absolute atomic E-state index is 0.0387. The lowest BCUT2D eigenvalue weighted by molar-refractivity contribution is 0.00868. The molecule has 1 heterocycles. The summed E-state index contributed by atoms with van der Waals surface area (Å²) in [4.78, 5) is 24.1. The Labute approximate surface area is 139 Å². The zero-order valence-electron chi connectivity index (χ0n) is 13.0. The number of hydrogen-bond donors (Lipinski definition) is 1. The molecule has 2 aromatic carbocycles. The van der Waals surface area contributed by atoms with Gasteiger partial charge in [0, 0.05) is 0 Å². The summed E-state index contributed by atoms with van der Waals surface area (Å²) in [6.45, 7) is 3.83. The summed E-state index contributed by atoms with van der Waals surface area (Å²) in [5, 5.41) is 2.72. The summed E-state index contributed by atoms with van der Waals surface area (Å²) in [6, 6.07) is 17.9. The fraction of sp³-hybridized carbons (Fsp3) is 0.158. The van der Waals surface area contributed by atoms with Crippen LogP contribution in [0.25, 0.3) is 0 Å². The maximum Gasteiger partial charge on any atom is 0.408 e. The van der Waals surface area contributed by atoms with Crippen LogP contribution in [-0.4, -0.2) is 24.2 Å². The smallest absolute Gasteiger partial charge is 0.408 e. The first-order chi connectivity index (χ1) is 11.6. The predicted molar refractivity (Wildman–Crippen MR) is 88.5 cm³/mol. The van der Waals surface area contributed by atoms with Crippen LogP contribution < -0.4 is 5.32 Å². The highest BCUT2D eigenvalue weighted by Gasteiger charge is 2.47. The molecule has 2 atom stereocenters. The van der Waals surface area contributed by atoms with E-state index in [4.69, 9.17) is 9.47 Å². The van der Waals surface area contributed by atoms with E-state index in [2.05, 4.69) is 11.9 Å². The monoisotopic (exact) mass is 323 g/mol. The molecule has 0 saturated carbocycles. The van der Waals surface area contributed by atoms with Gasteiger partial charge >= 0.3 is 12.1 Å². The molecular formula is C19H17NO4. The lowest BCUT2D eigenvalue weighted by Crippen LogP contribution is -2.48. The zero-order chi connectivity index (χ0) is 17.0. The van der Waals surface area contributed by atoms with Gasteiger partial charge in [-0.3, -0.25) is 0 Å². The van der Waals surface area contributed by atoms with Crippen molar-refractivity contribution in [3.63, 3.8) is 0 Å². The Morgan fingerprint density at radius 2 is 1.79 bits per heavy atom. The number of nitrogens with one attached hydrogen (secondary N) is 1. The molecule has 0 unspecified atom stereocenters. The topological polar surface area (TPSA) is 64.6 Å². The molecule has 122 valence electrons. The van der Waals surface area contributed by atoms with Crippen LogP contribution in [-0.2, 0) is 9.47 Å². The predicted octanol–water partition coefficient (Wildman–Crippen LogP) is 3.25. The van der Waals surface area contributed by atoms with Crippen LogP contribution >= 0.6 is 0 Å². The van der Waals surface area contributed by atoms with Crippen molar-refractivity contribution in [1.82, 2.24) is 5.32 Å². The average Bonchev–Trinajstić information content (AvgIpc) is 3.03. The van der Waals surface area contributed by atoms with Crippen molar-refractivity contribution in [2.75, 3.05) is 6.61 Å². The standard InChI is InChI=1S/C19H17NO4/c1-2-19(13-23-18(22)20-19)16(14-9-5-3-6-10-14)24-17(21)15-11-7-4-8-12-15/h2-12,16H,1,13H2,(H,20,22)/t16-,19+/m0/s1. The van der Waals surface area contributed by atoms with E-state index in [1.165, 1.54) is 0 Å². The van der Waals surface area contributed by atoms with E-state index in [1.54, 1.807) is 30.3 Å². The molecule has 1 N–H and O–H groups in total. The fourth-order valence-electron chi connectivity index (χ4n) is 2.65. The Hall–Kier alpha value is -3.08. The highest BCUT2D eigenvalue weighted by molar-refractivity contribution is 5.89. The first-order valence-electron chi connectivity index (χ1n) is 7.54. The van der Waals surface area contributed by atoms with Crippen molar-refractivity contribution >= 4 is 12.1 Å². The van der Waals surface area contributed by atoms with Crippen molar-refractivity contribution < 1.29 is 19.1 Å². The van der Waals surface area contributed by atoms with Crippen LogP contribution in [0.4, 0.5) is 4.79 Å². The Kier molecular flexibility index (Phi) is 4.33. The van der Waals surface area contributed by atoms with Crippen LogP contribution in [0.3, 0.4) is 0 Å². The normalized spacial score (nSPS) is 20.6. The molecule has 0 bridgehead atoms. The second-order valence-electron chi connectivity index (χ2n) is 5.51. The number of cyclic esters (lactones) is 1. The molecule has 5 heteroatoms. The fourth-order valence-corrected chi connectivity index (χ4v) is 2.65. The summed E-state index contributed by atoms with van der Waals surface area (Å²) in [7, 11) is 0. The van der Waals surface area contributed by atoms with Crippen molar-refractivity contribution in [3.8, 4) is 0 Å². The van der Waals surface area contributed by atoms with Gasteiger partial charge < -0.3 is 14.8 Å². The van der Waals surface area contributed by atoms with E-state index in [0.717, 1.165) is 5.56 Å². The third-order valence-electron chi connectivity index (χ3n) is 3.95. The van der Waals surface area contributed by atoms with Gasteiger partial charge in [-0.2, -0.15) is 0 Å². The molecule has 0 spiro atoms. The maximum absolute atomic E-state index is 12.5. The van der Waals surface area contributed by atoms with Gasteiger partial charge in [-0.1, -0.05) is 54.6 Å². The summed E-state index contributed by atoms with van der Waals surface area (Å²) in [5.41, 5.74) is 0.165. The third-order valence-corrected chi connectivity index (χ3v) is 3.95. The molecule has 2 aromatic rings. The summed E-state index contributed by atoms with van der Waals surface area (Å²) in [5.74, 6) is -0.480. The number of carbonyl (C=O) groups excluding carboxylic acids is 2. The van der Waals surface area contributed by atoms with E-state index in [0.29, 0.717) is 5.56 Å². The highest BCUT2D eigenvalue weighted by atomic mass is 16.6. The summed E-state index contributed by atoms with van der Waals surface area (Å²) in [6.07, 6.45) is 0.232. The van der Waals surface area contributed by atoms with Gasteiger partial charge in [-0.25, -0.2) is 9.59 Å². The van der Waals surface area contributed by atoms with Crippen molar-refractivity contribution in [1.29, 1.82) is 0 Å². The van der Waals surface area contributed by atoms with Gasteiger partial charge in [-0.05, 0) is 17.7 Å². The zero-order valence-corrected chi connectivity index (χ0v) is 13.0. The van der Waals surface area contributed by atoms with Crippen LogP contribution in [0.2, 0.25) is 0 Å². The Morgan fingerprint density at radius 1 is 1.17 bits per heavy atom. The van der Waals surface area contributed by atoms with Crippen LogP contribution in [0.1, 0.15) is 22.0 Å². The number of ether oxygens (including phenoxy) is 2. The molecule has 24 heavy (non-hydrogen) atoms. The third kappa shape index (κ3) is 3.01. The molecule has 1 amide bonds. The maximum atomic E-state index is 12.5. The molecule has 0 aromatic heterocycles. The lowest BCUT2D eigenvalue weighted by atomic mass is 9.88. The second kappa shape index (κ2) is 6.58. The van der Waals surface area contributed by atoms with E-state index in [9.17, 15) is 9.59 Å². The molecule has 1 aliphatic heterocycles. The molecule has 0 radical (unpaired) electrons. The highest BCUT2D eigenvalue weighted by Crippen LogP contribution is 2.34.